The number of hydrogen-bond acceptors (Lipinski definition) is 3. The Morgan fingerprint density at radius 1 is 1.21 bits per heavy atom. The standard InChI is InChI=1S/C21H27NO2/c1-21(2)19(17-8-5-11-24-20(17)21)22-13-18(23)16-10-9-14-6-3-4-7-15(14)12-16/h3-4,6-7,9-10,12,17-20,22-23H,5,8,11,13H2,1-2H3. The van der Waals surface area contributed by atoms with Crippen molar-refractivity contribution in [2.45, 2.75) is 44.9 Å². The van der Waals surface area contributed by atoms with E-state index < -0.39 is 6.10 Å². The van der Waals surface area contributed by atoms with Crippen molar-refractivity contribution in [1.82, 2.24) is 5.32 Å². The molecule has 0 amide bonds. The number of ether oxygens (including phenoxy) is 1. The van der Waals surface area contributed by atoms with Gasteiger partial charge >= 0.3 is 0 Å². The Kier molecular flexibility index (Phi) is 4.11. The molecule has 24 heavy (non-hydrogen) atoms. The van der Waals surface area contributed by atoms with Crippen molar-refractivity contribution in [3.63, 3.8) is 0 Å². The van der Waals surface area contributed by atoms with Gasteiger partial charge in [-0.3, -0.25) is 0 Å². The molecule has 4 unspecified atom stereocenters. The lowest BCUT2D eigenvalue weighted by atomic mass is 9.55. The zero-order valence-electron chi connectivity index (χ0n) is 14.5. The van der Waals surface area contributed by atoms with Crippen molar-refractivity contribution in [3.05, 3.63) is 48.0 Å². The summed E-state index contributed by atoms with van der Waals surface area (Å²) < 4.78 is 5.96. The van der Waals surface area contributed by atoms with Crippen LogP contribution < -0.4 is 5.32 Å². The highest BCUT2D eigenvalue weighted by Crippen LogP contribution is 2.51. The maximum atomic E-state index is 10.6. The number of hydrogen-bond donors (Lipinski definition) is 2. The van der Waals surface area contributed by atoms with Gasteiger partial charge in [0, 0.05) is 30.5 Å². The smallest absolute Gasteiger partial charge is 0.0914 e. The summed E-state index contributed by atoms with van der Waals surface area (Å²) in [4.78, 5) is 0. The molecule has 3 heteroatoms. The normalized spacial score (nSPS) is 29.7. The van der Waals surface area contributed by atoms with Gasteiger partial charge in [-0.05, 0) is 35.2 Å². The van der Waals surface area contributed by atoms with E-state index in [-0.39, 0.29) is 5.41 Å². The lowest BCUT2D eigenvalue weighted by Gasteiger charge is -2.60. The molecular weight excluding hydrogens is 298 g/mol. The van der Waals surface area contributed by atoms with E-state index in [4.69, 9.17) is 4.74 Å². The number of rotatable bonds is 4. The highest BCUT2D eigenvalue weighted by Gasteiger charge is 2.57. The molecule has 3 nitrogen and oxygen atoms in total. The van der Waals surface area contributed by atoms with Crippen LogP contribution in [0.1, 0.15) is 38.4 Å². The molecule has 2 aromatic carbocycles. The first-order valence-electron chi connectivity index (χ1n) is 9.09. The summed E-state index contributed by atoms with van der Waals surface area (Å²) in [6.45, 7) is 6.05. The SMILES string of the molecule is CC1(C)C(NCC(O)c2ccc3ccccc3c2)C2CCCOC21. The van der Waals surface area contributed by atoms with Crippen LogP contribution in [0.5, 0.6) is 0 Å². The monoisotopic (exact) mass is 325 g/mol. The fourth-order valence-corrected chi connectivity index (χ4v) is 4.71. The summed E-state index contributed by atoms with van der Waals surface area (Å²) in [7, 11) is 0. The Morgan fingerprint density at radius 3 is 2.83 bits per heavy atom. The predicted octanol–water partition coefficient (Wildman–Crippen LogP) is 3.67. The molecule has 0 radical (unpaired) electrons. The molecule has 4 rings (SSSR count). The third-order valence-electron chi connectivity index (χ3n) is 6.02. The number of nitrogens with one attached hydrogen (secondary N) is 1. The van der Waals surface area contributed by atoms with Crippen LogP contribution in [-0.2, 0) is 4.74 Å². The molecule has 128 valence electrons. The highest BCUT2D eigenvalue weighted by molar-refractivity contribution is 5.83. The van der Waals surface area contributed by atoms with Crippen LogP contribution in [0.3, 0.4) is 0 Å². The van der Waals surface area contributed by atoms with Crippen molar-refractivity contribution < 1.29 is 9.84 Å². The van der Waals surface area contributed by atoms with Crippen LogP contribution in [0.4, 0.5) is 0 Å². The van der Waals surface area contributed by atoms with Crippen LogP contribution in [0.25, 0.3) is 10.8 Å². The van der Waals surface area contributed by atoms with Crippen LogP contribution >= 0.6 is 0 Å². The van der Waals surface area contributed by atoms with Crippen LogP contribution in [0.2, 0.25) is 0 Å². The van der Waals surface area contributed by atoms with Gasteiger partial charge in [-0.15, -0.1) is 0 Å². The Morgan fingerprint density at radius 2 is 2.00 bits per heavy atom. The minimum Gasteiger partial charge on any atom is -0.387 e. The van der Waals surface area contributed by atoms with Gasteiger partial charge in [0.25, 0.3) is 0 Å². The van der Waals surface area contributed by atoms with Crippen molar-refractivity contribution in [2.75, 3.05) is 13.2 Å². The Balaban J connectivity index is 1.43. The van der Waals surface area contributed by atoms with E-state index in [1.54, 1.807) is 0 Å². The van der Waals surface area contributed by atoms with Gasteiger partial charge in [-0.1, -0.05) is 50.2 Å². The molecule has 1 aliphatic heterocycles. The van der Waals surface area contributed by atoms with Crippen LogP contribution in [0, 0.1) is 11.3 Å². The second kappa shape index (κ2) is 6.14. The van der Waals surface area contributed by atoms with Crippen molar-refractivity contribution in [2.24, 2.45) is 11.3 Å². The average Bonchev–Trinajstić information content (AvgIpc) is 2.61. The number of aliphatic hydroxyl groups excluding tert-OH is 1. The largest absolute Gasteiger partial charge is 0.387 e. The number of benzene rings is 2. The molecule has 2 N–H and O–H groups in total. The second-order valence-corrected chi connectivity index (χ2v) is 7.93. The Bertz CT molecular complexity index is 727. The van der Waals surface area contributed by atoms with Gasteiger partial charge < -0.3 is 15.2 Å². The zero-order chi connectivity index (χ0) is 16.7. The predicted molar refractivity (Wildman–Crippen MR) is 96.9 cm³/mol. The summed E-state index contributed by atoms with van der Waals surface area (Å²) in [5.41, 5.74) is 1.13. The molecule has 0 aromatic heterocycles. The Labute approximate surface area is 144 Å². The third kappa shape index (κ3) is 2.65. The first-order valence-corrected chi connectivity index (χ1v) is 9.09. The van der Waals surface area contributed by atoms with Crippen molar-refractivity contribution >= 4 is 10.8 Å². The maximum Gasteiger partial charge on any atom is 0.0914 e. The summed E-state index contributed by atoms with van der Waals surface area (Å²) in [5.74, 6) is 0.595. The van der Waals surface area contributed by atoms with E-state index in [2.05, 4.69) is 43.4 Å². The lowest BCUT2D eigenvalue weighted by molar-refractivity contribution is -0.193. The van der Waals surface area contributed by atoms with Gasteiger partial charge in [-0.25, -0.2) is 0 Å². The third-order valence-corrected chi connectivity index (χ3v) is 6.02. The molecule has 1 heterocycles. The lowest BCUT2D eigenvalue weighted by Crippen LogP contribution is -2.69. The number of aliphatic hydroxyl groups is 1. The second-order valence-electron chi connectivity index (χ2n) is 7.93. The molecule has 0 spiro atoms. The van der Waals surface area contributed by atoms with Gasteiger partial charge in [0.1, 0.15) is 0 Å². The molecule has 4 atom stereocenters. The minimum atomic E-state index is -0.478. The molecule has 0 bridgehead atoms. The first kappa shape index (κ1) is 16.1. The van der Waals surface area contributed by atoms with E-state index >= 15 is 0 Å². The fraction of sp³-hybridized carbons (Fsp3) is 0.524. The fourth-order valence-electron chi connectivity index (χ4n) is 4.71. The zero-order valence-corrected chi connectivity index (χ0v) is 14.5. The van der Waals surface area contributed by atoms with Crippen molar-refractivity contribution in [1.29, 1.82) is 0 Å². The molecule has 2 fully saturated rings. The first-order chi connectivity index (χ1) is 11.6. The van der Waals surface area contributed by atoms with Gasteiger partial charge in [-0.2, -0.15) is 0 Å². The van der Waals surface area contributed by atoms with E-state index in [9.17, 15) is 5.11 Å². The summed E-state index contributed by atoms with van der Waals surface area (Å²) in [6, 6.07) is 14.9. The van der Waals surface area contributed by atoms with Gasteiger partial charge in [0.2, 0.25) is 0 Å². The van der Waals surface area contributed by atoms with Gasteiger partial charge in [0.15, 0.2) is 0 Å². The van der Waals surface area contributed by atoms with E-state index in [1.165, 1.54) is 17.2 Å². The maximum absolute atomic E-state index is 10.6. The average molecular weight is 325 g/mol. The van der Waals surface area contributed by atoms with E-state index in [0.717, 1.165) is 18.6 Å². The van der Waals surface area contributed by atoms with Crippen LogP contribution in [0.15, 0.2) is 42.5 Å². The molecule has 1 saturated carbocycles. The molecule has 2 aliphatic rings. The van der Waals surface area contributed by atoms with E-state index in [0.29, 0.717) is 24.6 Å². The highest BCUT2D eigenvalue weighted by atomic mass is 16.5. The minimum absolute atomic E-state index is 0.147. The summed E-state index contributed by atoms with van der Waals surface area (Å²) >= 11 is 0. The summed E-state index contributed by atoms with van der Waals surface area (Å²) in [5, 5.41) is 16.6. The van der Waals surface area contributed by atoms with Crippen LogP contribution in [-0.4, -0.2) is 30.4 Å². The topological polar surface area (TPSA) is 41.5 Å². The molecule has 2 aromatic rings. The van der Waals surface area contributed by atoms with Gasteiger partial charge in [0.05, 0.1) is 12.2 Å². The van der Waals surface area contributed by atoms with E-state index in [1.807, 2.05) is 18.2 Å². The summed E-state index contributed by atoms with van der Waals surface area (Å²) in [6.07, 6.45) is 2.29. The van der Waals surface area contributed by atoms with Crippen molar-refractivity contribution in [3.8, 4) is 0 Å². The number of fused-ring (bicyclic) bond motifs is 2. The quantitative estimate of drug-likeness (QED) is 0.901. The Hall–Kier alpha value is -1.42. The molecular formula is C21H27NO2. The molecule has 1 aliphatic carbocycles. The molecule has 1 saturated heterocycles.